The first-order valence-corrected chi connectivity index (χ1v) is 12.6. The summed E-state index contributed by atoms with van der Waals surface area (Å²) >= 11 is 3.65. The van der Waals surface area contributed by atoms with Crippen LogP contribution in [0.3, 0.4) is 0 Å². The van der Waals surface area contributed by atoms with E-state index in [1.54, 1.807) is 11.3 Å². The van der Waals surface area contributed by atoms with Crippen molar-refractivity contribution in [2.75, 3.05) is 26.2 Å². The molecule has 3 fully saturated rings. The van der Waals surface area contributed by atoms with E-state index in [1.807, 2.05) is 24.0 Å². The summed E-state index contributed by atoms with van der Waals surface area (Å²) in [5.74, 6) is 0.634. The number of carbonyl (C=O) groups excluding carboxylic acids is 1. The van der Waals surface area contributed by atoms with Crippen molar-refractivity contribution >= 4 is 39.2 Å². The minimum atomic E-state index is -0.163. The number of nitrogens with zero attached hydrogens (tertiary/aromatic N) is 3. The third-order valence-corrected chi connectivity index (χ3v) is 9.47. The largest absolute Gasteiger partial charge is 0.314 e. The van der Waals surface area contributed by atoms with Gasteiger partial charge in [0.25, 0.3) is 0 Å². The molecular formula is C22H30N4OS2. The number of thioether (sulfide) groups is 1. The second-order valence-corrected chi connectivity index (χ2v) is 11.2. The predicted molar refractivity (Wildman–Crippen MR) is 121 cm³/mol. The van der Waals surface area contributed by atoms with Crippen LogP contribution in [0.25, 0.3) is 10.2 Å². The van der Waals surface area contributed by atoms with Crippen molar-refractivity contribution < 1.29 is 4.79 Å². The molecule has 2 aliphatic heterocycles. The van der Waals surface area contributed by atoms with Crippen molar-refractivity contribution in [3.8, 4) is 0 Å². The molecule has 2 saturated heterocycles. The van der Waals surface area contributed by atoms with Crippen LogP contribution in [0.1, 0.15) is 51.0 Å². The lowest BCUT2D eigenvalue weighted by molar-refractivity contribution is -0.140. The highest BCUT2D eigenvalue weighted by molar-refractivity contribution is 8.02. The molecule has 3 unspecified atom stereocenters. The van der Waals surface area contributed by atoms with Crippen molar-refractivity contribution in [2.45, 2.75) is 61.7 Å². The topological polar surface area (TPSA) is 48.5 Å². The Kier molecular flexibility index (Phi) is 5.35. The van der Waals surface area contributed by atoms with Gasteiger partial charge in [-0.15, -0.1) is 23.1 Å². The first-order valence-electron chi connectivity index (χ1n) is 10.9. The van der Waals surface area contributed by atoms with Gasteiger partial charge in [-0.3, -0.25) is 9.69 Å². The van der Waals surface area contributed by atoms with E-state index < -0.39 is 0 Å². The Morgan fingerprint density at radius 2 is 2.03 bits per heavy atom. The van der Waals surface area contributed by atoms with Gasteiger partial charge in [0.15, 0.2) is 0 Å². The van der Waals surface area contributed by atoms with Crippen LogP contribution in [0, 0.1) is 0 Å². The lowest BCUT2D eigenvalue weighted by Crippen LogP contribution is -2.59. The maximum Gasteiger partial charge on any atom is 0.241 e. The molecule has 0 aromatic carbocycles. The zero-order valence-electron chi connectivity index (χ0n) is 17.3. The standard InChI is InChI=1S/C22H30N4OS2/c1-15(18-14-28-19-17(18)6-5-9-24-19)20(25-12-10-23-11-13-25)26-16(2)29-22(21(26)27)7-3-4-8-22/h5-6,9,14-16,20,23H,3-4,7-8,10-13H2,1-2H3. The molecule has 5 nitrogen and oxygen atoms in total. The average molecular weight is 431 g/mol. The molecule has 5 rings (SSSR count). The van der Waals surface area contributed by atoms with Gasteiger partial charge in [-0.05, 0) is 36.8 Å². The van der Waals surface area contributed by atoms with E-state index in [2.05, 4.69) is 45.4 Å². The average Bonchev–Trinajstić information content (AvgIpc) is 3.44. The number of hydrogen-bond acceptors (Lipinski definition) is 6. The van der Waals surface area contributed by atoms with Crippen LogP contribution in [0.15, 0.2) is 23.7 Å². The monoisotopic (exact) mass is 430 g/mol. The summed E-state index contributed by atoms with van der Waals surface area (Å²) in [6, 6.07) is 4.21. The number of rotatable bonds is 4. The first kappa shape index (κ1) is 19.8. The molecular weight excluding hydrogens is 400 g/mol. The highest BCUT2D eigenvalue weighted by Gasteiger charge is 2.55. The van der Waals surface area contributed by atoms with Gasteiger partial charge in [-0.2, -0.15) is 0 Å². The summed E-state index contributed by atoms with van der Waals surface area (Å²) in [4.78, 5) is 24.3. The van der Waals surface area contributed by atoms with Crippen LogP contribution in [-0.2, 0) is 4.79 Å². The van der Waals surface area contributed by atoms with Gasteiger partial charge in [-0.25, -0.2) is 4.98 Å². The number of thiophene rings is 1. The third-order valence-electron chi connectivity index (χ3n) is 6.95. The summed E-state index contributed by atoms with van der Waals surface area (Å²) in [5, 5.41) is 7.21. The van der Waals surface area contributed by atoms with Crippen molar-refractivity contribution in [2.24, 2.45) is 0 Å². The fourth-order valence-electron chi connectivity index (χ4n) is 5.53. The summed E-state index contributed by atoms with van der Waals surface area (Å²) in [6.07, 6.45) is 6.44. The normalized spacial score (nSPS) is 27.2. The van der Waals surface area contributed by atoms with E-state index in [-0.39, 0.29) is 22.2 Å². The summed E-state index contributed by atoms with van der Waals surface area (Å²) in [5.41, 5.74) is 1.33. The van der Waals surface area contributed by atoms with Crippen LogP contribution in [-0.4, -0.2) is 63.2 Å². The molecule has 1 spiro atoms. The Labute approximate surface area is 181 Å². The van der Waals surface area contributed by atoms with E-state index in [1.165, 1.54) is 23.8 Å². The van der Waals surface area contributed by atoms with Gasteiger partial charge in [0.05, 0.1) is 16.3 Å². The lowest BCUT2D eigenvalue weighted by atomic mass is 9.94. The van der Waals surface area contributed by atoms with E-state index in [4.69, 9.17) is 0 Å². The molecule has 0 radical (unpaired) electrons. The quantitative estimate of drug-likeness (QED) is 0.798. The fourth-order valence-corrected chi connectivity index (χ4v) is 8.26. The van der Waals surface area contributed by atoms with Crippen LogP contribution in [0.2, 0.25) is 0 Å². The van der Waals surface area contributed by atoms with Crippen LogP contribution >= 0.6 is 23.1 Å². The first-order chi connectivity index (χ1) is 14.1. The Morgan fingerprint density at radius 1 is 1.28 bits per heavy atom. The zero-order chi connectivity index (χ0) is 20.0. The molecule has 3 atom stereocenters. The maximum absolute atomic E-state index is 13.8. The molecule has 1 saturated carbocycles. The number of amides is 1. The smallest absolute Gasteiger partial charge is 0.241 e. The second kappa shape index (κ2) is 7.84. The highest BCUT2D eigenvalue weighted by atomic mass is 32.2. The molecule has 7 heteroatoms. The number of aromatic nitrogens is 1. The van der Waals surface area contributed by atoms with Gasteiger partial charge in [0.1, 0.15) is 4.83 Å². The Bertz CT molecular complexity index is 888. The van der Waals surface area contributed by atoms with Crippen LogP contribution in [0.4, 0.5) is 0 Å². The second-order valence-electron chi connectivity index (χ2n) is 8.67. The van der Waals surface area contributed by atoms with Gasteiger partial charge in [0, 0.05) is 43.7 Å². The van der Waals surface area contributed by atoms with Gasteiger partial charge < -0.3 is 10.2 Å². The molecule has 2 aromatic heterocycles. The molecule has 1 aliphatic carbocycles. The number of fused-ring (bicyclic) bond motifs is 1. The molecule has 3 aliphatic rings. The number of carbonyl (C=O) groups is 1. The van der Waals surface area contributed by atoms with E-state index in [0.717, 1.165) is 43.9 Å². The summed E-state index contributed by atoms with van der Waals surface area (Å²) < 4.78 is -0.163. The molecule has 156 valence electrons. The van der Waals surface area contributed by atoms with Crippen molar-refractivity contribution in [3.63, 3.8) is 0 Å². The van der Waals surface area contributed by atoms with Crippen molar-refractivity contribution in [1.82, 2.24) is 20.1 Å². The Morgan fingerprint density at radius 3 is 2.79 bits per heavy atom. The number of piperazine rings is 1. The van der Waals surface area contributed by atoms with E-state index in [9.17, 15) is 4.79 Å². The lowest BCUT2D eigenvalue weighted by Gasteiger charge is -2.44. The van der Waals surface area contributed by atoms with Crippen LogP contribution < -0.4 is 5.32 Å². The maximum atomic E-state index is 13.8. The SMILES string of the molecule is CC(c1csc2ncccc12)C(N1CCNCC1)N1C(=O)C2(CCCC2)SC1C. The molecule has 29 heavy (non-hydrogen) atoms. The van der Waals surface area contributed by atoms with Crippen LogP contribution in [0.5, 0.6) is 0 Å². The van der Waals surface area contributed by atoms with Crippen molar-refractivity contribution in [3.05, 3.63) is 29.3 Å². The highest BCUT2D eigenvalue weighted by Crippen LogP contribution is 2.52. The summed E-state index contributed by atoms with van der Waals surface area (Å²) in [7, 11) is 0. The predicted octanol–water partition coefficient (Wildman–Crippen LogP) is 3.87. The van der Waals surface area contributed by atoms with Gasteiger partial charge in [0.2, 0.25) is 5.91 Å². The molecule has 4 heterocycles. The fraction of sp³-hybridized carbons (Fsp3) is 0.636. The summed E-state index contributed by atoms with van der Waals surface area (Å²) in [6.45, 7) is 8.51. The number of hydrogen-bond donors (Lipinski definition) is 1. The number of pyridine rings is 1. The van der Waals surface area contributed by atoms with Gasteiger partial charge >= 0.3 is 0 Å². The van der Waals surface area contributed by atoms with E-state index in [0.29, 0.717) is 5.91 Å². The Hall–Kier alpha value is -1.15. The Balaban J connectivity index is 1.54. The minimum absolute atomic E-state index is 0.102. The number of nitrogens with one attached hydrogen (secondary N) is 1. The van der Waals surface area contributed by atoms with Crippen molar-refractivity contribution in [1.29, 1.82) is 0 Å². The molecule has 2 aromatic rings. The molecule has 1 N–H and O–H groups in total. The van der Waals surface area contributed by atoms with Gasteiger partial charge in [-0.1, -0.05) is 25.8 Å². The third kappa shape index (κ3) is 3.30. The zero-order valence-corrected chi connectivity index (χ0v) is 18.9. The molecule has 1 amide bonds. The molecule has 0 bridgehead atoms. The van der Waals surface area contributed by atoms with E-state index >= 15 is 0 Å². The minimum Gasteiger partial charge on any atom is -0.314 e.